The Morgan fingerprint density at radius 3 is 2.15 bits per heavy atom. The molecular weight excluding hydrogens is 158 g/mol. The Labute approximate surface area is 83.5 Å². The maximum Gasteiger partial charge on any atom is 0.00388 e. The van der Waals surface area contributed by atoms with Crippen molar-refractivity contribution in [2.45, 2.75) is 47.1 Å². The van der Waals surface area contributed by atoms with Crippen molar-refractivity contribution in [2.24, 2.45) is 17.8 Å². The highest BCUT2D eigenvalue weighted by atomic mass is 15.2. The van der Waals surface area contributed by atoms with Gasteiger partial charge in [0.05, 0.1) is 0 Å². The summed E-state index contributed by atoms with van der Waals surface area (Å²) >= 11 is 0. The molecule has 1 heteroatoms. The predicted molar refractivity (Wildman–Crippen MR) is 58.8 cm³/mol. The van der Waals surface area contributed by atoms with Gasteiger partial charge in [0.15, 0.2) is 0 Å². The van der Waals surface area contributed by atoms with E-state index in [1.165, 1.54) is 19.5 Å². The van der Waals surface area contributed by atoms with Gasteiger partial charge in [0, 0.05) is 19.1 Å². The molecule has 1 heterocycles. The highest BCUT2D eigenvalue weighted by Gasteiger charge is 2.27. The molecule has 0 N–H and O–H groups in total. The van der Waals surface area contributed by atoms with Gasteiger partial charge in [-0.25, -0.2) is 0 Å². The summed E-state index contributed by atoms with van der Waals surface area (Å²) in [6, 6.07) is 0.726. The van der Waals surface area contributed by atoms with E-state index in [2.05, 4.69) is 39.5 Å². The Balaban J connectivity index is 2.52. The second-order valence-corrected chi connectivity index (χ2v) is 5.39. The third kappa shape index (κ3) is 2.98. The highest BCUT2D eigenvalue weighted by Crippen LogP contribution is 2.27. The lowest BCUT2D eigenvalue weighted by Crippen LogP contribution is -2.44. The zero-order valence-corrected chi connectivity index (χ0v) is 9.88. The fraction of sp³-hybridized carbons (Fsp3) is 1.00. The Bertz CT molecular complexity index is 135. The van der Waals surface area contributed by atoms with Gasteiger partial charge >= 0.3 is 0 Å². The summed E-state index contributed by atoms with van der Waals surface area (Å²) in [5.41, 5.74) is 0. The van der Waals surface area contributed by atoms with Gasteiger partial charge in [0.2, 0.25) is 0 Å². The molecule has 78 valence electrons. The number of nitrogens with zero attached hydrogens (tertiary/aromatic N) is 1. The second kappa shape index (κ2) is 4.45. The molecule has 0 aromatic carbocycles. The summed E-state index contributed by atoms with van der Waals surface area (Å²) < 4.78 is 0. The molecule has 1 aliphatic rings. The first-order valence-corrected chi connectivity index (χ1v) is 5.74. The van der Waals surface area contributed by atoms with Crippen LogP contribution in [0.2, 0.25) is 0 Å². The molecule has 0 radical (unpaired) electrons. The molecule has 2 atom stereocenters. The van der Waals surface area contributed by atoms with Gasteiger partial charge in [-0.05, 0) is 38.0 Å². The highest BCUT2D eigenvalue weighted by molar-refractivity contribution is 4.80. The number of piperidine rings is 1. The van der Waals surface area contributed by atoms with Gasteiger partial charge in [-0.3, -0.25) is 0 Å². The van der Waals surface area contributed by atoms with Crippen molar-refractivity contribution in [1.29, 1.82) is 0 Å². The second-order valence-electron chi connectivity index (χ2n) is 5.39. The topological polar surface area (TPSA) is 3.24 Å². The van der Waals surface area contributed by atoms with Crippen LogP contribution in [0.5, 0.6) is 0 Å². The number of hydrogen-bond acceptors (Lipinski definition) is 1. The minimum Gasteiger partial charge on any atom is -0.300 e. The first kappa shape index (κ1) is 11.0. The van der Waals surface area contributed by atoms with E-state index < -0.39 is 0 Å². The molecule has 1 fully saturated rings. The Morgan fingerprint density at radius 1 is 1.08 bits per heavy atom. The van der Waals surface area contributed by atoms with Gasteiger partial charge in [0.25, 0.3) is 0 Å². The monoisotopic (exact) mass is 183 g/mol. The van der Waals surface area contributed by atoms with E-state index >= 15 is 0 Å². The van der Waals surface area contributed by atoms with E-state index in [-0.39, 0.29) is 0 Å². The van der Waals surface area contributed by atoms with Gasteiger partial charge in [-0.15, -0.1) is 0 Å². The zero-order chi connectivity index (χ0) is 10.0. The van der Waals surface area contributed by atoms with E-state index in [4.69, 9.17) is 0 Å². The molecule has 0 saturated carbocycles. The minimum absolute atomic E-state index is 0.726. The smallest absolute Gasteiger partial charge is 0.00388 e. The third-order valence-corrected chi connectivity index (χ3v) is 3.39. The molecule has 0 spiro atoms. The van der Waals surface area contributed by atoms with Crippen LogP contribution in [0.25, 0.3) is 0 Å². The van der Waals surface area contributed by atoms with E-state index in [1.54, 1.807) is 0 Å². The van der Waals surface area contributed by atoms with Gasteiger partial charge in [-0.2, -0.15) is 0 Å². The van der Waals surface area contributed by atoms with E-state index in [0.29, 0.717) is 0 Å². The average Bonchev–Trinajstić information content (AvgIpc) is 2.03. The normalized spacial score (nSPS) is 31.6. The summed E-state index contributed by atoms with van der Waals surface area (Å²) in [4.78, 5) is 2.64. The van der Waals surface area contributed by atoms with Crippen molar-refractivity contribution in [3.05, 3.63) is 0 Å². The quantitative estimate of drug-likeness (QED) is 0.636. The van der Waals surface area contributed by atoms with Crippen LogP contribution in [0.3, 0.4) is 0 Å². The lowest BCUT2D eigenvalue weighted by molar-refractivity contribution is 0.0824. The van der Waals surface area contributed by atoms with Crippen LogP contribution >= 0.6 is 0 Å². The number of rotatable bonds is 2. The fourth-order valence-corrected chi connectivity index (χ4v) is 2.35. The molecule has 1 nitrogen and oxygen atoms in total. The summed E-state index contributed by atoms with van der Waals surface area (Å²) in [5, 5.41) is 0. The van der Waals surface area contributed by atoms with Crippen molar-refractivity contribution in [2.75, 3.05) is 13.1 Å². The van der Waals surface area contributed by atoms with Gasteiger partial charge < -0.3 is 4.90 Å². The third-order valence-electron chi connectivity index (χ3n) is 3.39. The van der Waals surface area contributed by atoms with Crippen molar-refractivity contribution >= 4 is 0 Å². The van der Waals surface area contributed by atoms with E-state index in [1.807, 2.05) is 0 Å². The minimum atomic E-state index is 0.726. The van der Waals surface area contributed by atoms with Crippen molar-refractivity contribution in [3.63, 3.8) is 0 Å². The largest absolute Gasteiger partial charge is 0.300 e. The Kier molecular flexibility index (Phi) is 3.78. The molecular formula is C12H25N. The molecule has 0 aromatic heterocycles. The molecule has 1 unspecified atom stereocenters. The van der Waals surface area contributed by atoms with Crippen molar-refractivity contribution in [1.82, 2.24) is 4.90 Å². The Morgan fingerprint density at radius 2 is 1.69 bits per heavy atom. The lowest BCUT2D eigenvalue weighted by atomic mass is 9.83. The fourth-order valence-electron chi connectivity index (χ4n) is 2.35. The number of likely N-dealkylation sites (tertiary alicyclic amines) is 1. The maximum absolute atomic E-state index is 2.64. The number of hydrogen-bond donors (Lipinski definition) is 0. The van der Waals surface area contributed by atoms with Crippen LogP contribution in [0.1, 0.15) is 41.0 Å². The molecule has 1 aliphatic heterocycles. The molecule has 13 heavy (non-hydrogen) atoms. The van der Waals surface area contributed by atoms with Gasteiger partial charge in [0.1, 0.15) is 0 Å². The van der Waals surface area contributed by atoms with E-state index in [0.717, 1.165) is 23.8 Å². The molecule has 1 rings (SSSR count). The van der Waals surface area contributed by atoms with Crippen molar-refractivity contribution in [3.8, 4) is 0 Å². The van der Waals surface area contributed by atoms with Crippen LogP contribution in [0, 0.1) is 17.8 Å². The summed E-state index contributed by atoms with van der Waals surface area (Å²) in [5.74, 6) is 2.67. The lowest BCUT2D eigenvalue weighted by Gasteiger charge is -2.40. The standard InChI is InChI=1S/C12H25N/c1-9(2)12-6-11(5)7-13(8-12)10(3)4/h9-12H,6-8H2,1-5H3/t11-,12?/m1/s1. The van der Waals surface area contributed by atoms with Crippen LogP contribution in [0.4, 0.5) is 0 Å². The van der Waals surface area contributed by atoms with Crippen LogP contribution in [-0.4, -0.2) is 24.0 Å². The zero-order valence-electron chi connectivity index (χ0n) is 9.88. The Hall–Kier alpha value is -0.0400. The first-order valence-electron chi connectivity index (χ1n) is 5.74. The molecule has 0 aliphatic carbocycles. The molecule has 0 bridgehead atoms. The summed E-state index contributed by atoms with van der Waals surface area (Å²) in [6.07, 6.45) is 1.43. The maximum atomic E-state index is 2.64. The SMILES string of the molecule is CC(C)C1C[C@@H](C)CN(C(C)C)C1. The summed E-state index contributed by atoms with van der Waals surface area (Å²) in [6.45, 7) is 14.4. The average molecular weight is 183 g/mol. The van der Waals surface area contributed by atoms with Crippen LogP contribution < -0.4 is 0 Å². The van der Waals surface area contributed by atoms with Crippen molar-refractivity contribution < 1.29 is 0 Å². The molecule has 1 saturated heterocycles. The van der Waals surface area contributed by atoms with Gasteiger partial charge in [-0.1, -0.05) is 20.8 Å². The van der Waals surface area contributed by atoms with E-state index in [9.17, 15) is 0 Å². The van der Waals surface area contributed by atoms with Crippen LogP contribution in [0.15, 0.2) is 0 Å². The first-order chi connectivity index (χ1) is 6.00. The predicted octanol–water partition coefficient (Wildman–Crippen LogP) is 3.01. The van der Waals surface area contributed by atoms with Crippen LogP contribution in [-0.2, 0) is 0 Å². The molecule has 0 aromatic rings. The summed E-state index contributed by atoms with van der Waals surface area (Å²) in [7, 11) is 0. The molecule has 0 amide bonds.